The average Bonchev–Trinajstić information content (AvgIpc) is 3.65. The molecule has 1 aromatic heterocycles. The van der Waals surface area contributed by atoms with Gasteiger partial charge in [-0.15, -0.1) is 0 Å². The second-order valence-electron chi connectivity index (χ2n) is 15.1. The van der Waals surface area contributed by atoms with Crippen LogP contribution in [0.2, 0.25) is 5.02 Å². The normalized spacial score (nSPS) is 25.1. The van der Waals surface area contributed by atoms with E-state index in [-0.39, 0.29) is 63.9 Å². The fraction of sp³-hybridized carbons (Fsp3) is 0.486. The van der Waals surface area contributed by atoms with Crippen molar-refractivity contribution in [1.82, 2.24) is 19.8 Å². The molecular weight excluding hydrogens is 671 g/mol. The molecule has 5 heterocycles. The summed E-state index contributed by atoms with van der Waals surface area (Å²) in [7, 11) is 0. The fourth-order valence-corrected chi connectivity index (χ4v) is 8.90. The SMILES string of the molecule is CC(C)(C)OC(=O)N1C2CCC1CN(c1nc(OC[C@@]34CCCN3C[C@H](F)C4)nc3c(F)c(-c4cc(O)cc5cccc(Cl)c45)c(F)cc13)C2. The summed E-state index contributed by atoms with van der Waals surface area (Å²) in [6, 6.07) is 8.51. The van der Waals surface area contributed by atoms with Crippen LogP contribution in [0.4, 0.5) is 23.8 Å². The fourth-order valence-electron chi connectivity index (χ4n) is 8.61. The van der Waals surface area contributed by atoms with E-state index in [1.807, 2.05) is 25.7 Å². The number of phenolic OH excluding ortho intramolecular Hbond substituents is 1. The van der Waals surface area contributed by atoms with Crippen molar-refractivity contribution in [3.05, 3.63) is 53.1 Å². The van der Waals surface area contributed by atoms with Crippen LogP contribution < -0.4 is 9.64 Å². The van der Waals surface area contributed by atoms with E-state index in [9.17, 15) is 14.3 Å². The molecule has 0 saturated carbocycles. The van der Waals surface area contributed by atoms with Gasteiger partial charge >= 0.3 is 12.1 Å². The Balaban J connectivity index is 1.24. The van der Waals surface area contributed by atoms with Crippen molar-refractivity contribution in [1.29, 1.82) is 0 Å². The number of amides is 1. The lowest BCUT2D eigenvalue weighted by atomic mass is 9.95. The summed E-state index contributed by atoms with van der Waals surface area (Å²) < 4.78 is 59.8. The lowest BCUT2D eigenvalue weighted by Gasteiger charge is -2.42. The molecule has 0 aliphatic carbocycles. The quantitative estimate of drug-likeness (QED) is 0.226. The predicted molar refractivity (Wildman–Crippen MR) is 185 cm³/mol. The molecule has 0 radical (unpaired) electrons. The zero-order valence-corrected chi connectivity index (χ0v) is 28.9. The molecule has 4 aromatic rings. The van der Waals surface area contributed by atoms with Crippen molar-refractivity contribution in [3.8, 4) is 22.9 Å². The van der Waals surface area contributed by atoms with Gasteiger partial charge in [-0.05, 0) is 82.7 Å². The van der Waals surface area contributed by atoms with Crippen LogP contribution in [0, 0.1) is 11.6 Å². The number of hydrogen-bond acceptors (Lipinski definition) is 8. The van der Waals surface area contributed by atoms with E-state index in [0.29, 0.717) is 36.8 Å². The molecule has 4 aliphatic rings. The second-order valence-corrected chi connectivity index (χ2v) is 15.6. The molecule has 9 nitrogen and oxygen atoms in total. The number of alkyl halides is 1. The van der Waals surface area contributed by atoms with Crippen molar-refractivity contribution < 1.29 is 32.5 Å². The van der Waals surface area contributed by atoms with Crippen LogP contribution in [0.5, 0.6) is 11.8 Å². The van der Waals surface area contributed by atoms with Crippen LogP contribution in [0.15, 0.2) is 36.4 Å². The summed E-state index contributed by atoms with van der Waals surface area (Å²) in [4.78, 5) is 28.3. The van der Waals surface area contributed by atoms with Gasteiger partial charge in [-0.25, -0.2) is 18.0 Å². The maximum atomic E-state index is 17.0. The summed E-state index contributed by atoms with van der Waals surface area (Å²) in [5, 5.41) is 11.9. The number of hydrogen-bond donors (Lipinski definition) is 1. The van der Waals surface area contributed by atoms with Gasteiger partial charge in [-0.3, -0.25) is 9.80 Å². The number of carbonyl (C=O) groups is 1. The Bertz CT molecular complexity index is 2010. The predicted octanol–water partition coefficient (Wildman–Crippen LogP) is 7.63. The number of halogens is 4. The summed E-state index contributed by atoms with van der Waals surface area (Å²) in [6.07, 6.45) is 2.15. The minimum atomic E-state index is -0.962. The molecule has 4 saturated heterocycles. The molecular formula is C37H39ClF3N5O4. The highest BCUT2D eigenvalue weighted by Crippen LogP contribution is 2.44. The number of benzene rings is 3. The highest BCUT2D eigenvalue weighted by Gasteiger charge is 2.50. The standard InChI is InChI=1S/C37H39ClF3N5O4/c1-36(2,3)50-35(48)46-22-8-9-23(46)18-44(17-22)33-26-14-28(40)30(25-13-24(47)12-20-6-4-7-27(38)29(20)25)31(41)32(26)42-34(43-33)49-19-37-10-5-11-45(37)16-21(39)15-37/h4,6-7,12-14,21-23,47H,5,8-11,15-19H2,1-3H3/t21-,22?,23?,37+/m1/s1. The number of piperazine rings is 1. The molecule has 50 heavy (non-hydrogen) atoms. The first kappa shape index (κ1) is 33.1. The van der Waals surface area contributed by atoms with Crippen LogP contribution in [0.1, 0.15) is 52.9 Å². The van der Waals surface area contributed by atoms with Gasteiger partial charge in [0.2, 0.25) is 0 Å². The van der Waals surface area contributed by atoms with Crippen molar-refractivity contribution in [2.45, 2.75) is 82.3 Å². The number of fused-ring (bicyclic) bond motifs is 5. The first-order valence-corrected chi connectivity index (χ1v) is 17.6. The highest BCUT2D eigenvalue weighted by atomic mass is 35.5. The van der Waals surface area contributed by atoms with Crippen LogP contribution in [-0.2, 0) is 4.74 Å². The number of carbonyl (C=O) groups excluding carboxylic acids is 1. The van der Waals surface area contributed by atoms with Gasteiger partial charge in [0, 0.05) is 47.4 Å². The topological polar surface area (TPSA) is 91.3 Å². The number of rotatable bonds is 5. The molecule has 4 fully saturated rings. The third kappa shape index (κ3) is 5.64. The third-order valence-corrected chi connectivity index (χ3v) is 11.0. The summed E-state index contributed by atoms with van der Waals surface area (Å²) in [5.74, 6) is -1.73. The Kier molecular flexibility index (Phi) is 7.98. The largest absolute Gasteiger partial charge is 0.508 e. The zero-order valence-electron chi connectivity index (χ0n) is 28.2. The summed E-state index contributed by atoms with van der Waals surface area (Å²) in [5.41, 5.74) is -1.64. The summed E-state index contributed by atoms with van der Waals surface area (Å²) in [6.45, 7) is 7.44. The van der Waals surface area contributed by atoms with E-state index in [1.165, 1.54) is 18.2 Å². The van der Waals surface area contributed by atoms with Gasteiger partial charge in [-0.1, -0.05) is 23.7 Å². The molecule has 3 aromatic carbocycles. The van der Waals surface area contributed by atoms with Crippen LogP contribution in [-0.4, -0.2) is 93.1 Å². The maximum Gasteiger partial charge on any atom is 0.410 e. The highest BCUT2D eigenvalue weighted by molar-refractivity contribution is 6.36. The Morgan fingerprint density at radius 3 is 2.60 bits per heavy atom. The minimum absolute atomic E-state index is 0.0783. The lowest BCUT2D eigenvalue weighted by Crippen LogP contribution is -2.57. The zero-order chi connectivity index (χ0) is 35.1. The van der Waals surface area contributed by atoms with E-state index in [2.05, 4.69) is 9.88 Å². The minimum Gasteiger partial charge on any atom is -0.508 e. The van der Waals surface area contributed by atoms with Crippen molar-refractivity contribution >= 4 is 45.2 Å². The molecule has 2 bridgehead atoms. The molecule has 8 rings (SSSR count). The number of aromatic hydroxyl groups is 1. The second kappa shape index (κ2) is 12.0. The number of phenols is 1. The van der Waals surface area contributed by atoms with Gasteiger partial charge < -0.3 is 19.5 Å². The van der Waals surface area contributed by atoms with Crippen molar-refractivity contribution in [2.24, 2.45) is 0 Å². The average molecular weight is 710 g/mol. The first-order chi connectivity index (χ1) is 23.8. The molecule has 1 N–H and O–H groups in total. The monoisotopic (exact) mass is 709 g/mol. The number of anilines is 1. The third-order valence-electron chi connectivity index (χ3n) is 10.6. The van der Waals surface area contributed by atoms with E-state index in [1.54, 1.807) is 23.1 Å². The van der Waals surface area contributed by atoms with Crippen molar-refractivity contribution in [2.75, 3.05) is 37.7 Å². The molecule has 264 valence electrons. The Morgan fingerprint density at radius 1 is 1.10 bits per heavy atom. The molecule has 1 amide bonds. The molecule has 2 unspecified atom stereocenters. The van der Waals surface area contributed by atoms with E-state index < -0.39 is 34.5 Å². The Labute approximate surface area is 292 Å². The first-order valence-electron chi connectivity index (χ1n) is 17.2. The van der Waals surface area contributed by atoms with Gasteiger partial charge in [0.25, 0.3) is 0 Å². The lowest BCUT2D eigenvalue weighted by molar-refractivity contribution is 0.0122. The van der Waals surface area contributed by atoms with Crippen LogP contribution in [0.3, 0.4) is 0 Å². The van der Waals surface area contributed by atoms with Gasteiger partial charge in [0.05, 0.1) is 23.2 Å². The van der Waals surface area contributed by atoms with Gasteiger partial charge in [0.1, 0.15) is 41.3 Å². The number of nitrogens with zero attached hydrogens (tertiary/aromatic N) is 5. The molecule has 4 aliphatic heterocycles. The van der Waals surface area contributed by atoms with Gasteiger partial charge in [-0.2, -0.15) is 9.97 Å². The molecule has 4 atom stereocenters. The number of ether oxygens (including phenoxy) is 2. The smallest absolute Gasteiger partial charge is 0.410 e. The Morgan fingerprint density at radius 2 is 1.86 bits per heavy atom. The molecule has 0 spiro atoms. The Hall–Kier alpha value is -4.03. The number of aromatic nitrogens is 2. The van der Waals surface area contributed by atoms with Gasteiger partial charge in [0.15, 0.2) is 5.82 Å². The molecule has 13 heteroatoms. The summed E-state index contributed by atoms with van der Waals surface area (Å²) >= 11 is 6.55. The van der Waals surface area contributed by atoms with E-state index >= 15 is 8.78 Å². The van der Waals surface area contributed by atoms with E-state index in [4.69, 9.17) is 26.1 Å². The van der Waals surface area contributed by atoms with Crippen LogP contribution in [0.25, 0.3) is 32.8 Å². The van der Waals surface area contributed by atoms with Crippen molar-refractivity contribution in [3.63, 3.8) is 0 Å². The maximum absolute atomic E-state index is 17.0. The van der Waals surface area contributed by atoms with Crippen LogP contribution >= 0.6 is 11.6 Å². The van der Waals surface area contributed by atoms with E-state index in [0.717, 1.165) is 32.2 Å².